The number of nitrogens with one attached hydrogen (secondary N) is 2. The summed E-state index contributed by atoms with van der Waals surface area (Å²) < 4.78 is 1.48. The highest BCUT2D eigenvalue weighted by molar-refractivity contribution is 6.34. The Hall–Kier alpha value is -4.13. The topological polar surface area (TPSA) is 106 Å². The first-order valence-electron chi connectivity index (χ1n) is 8.71. The number of aromatic nitrogens is 3. The number of hydrogen-bond donors (Lipinski definition) is 3. The lowest BCUT2D eigenvalue weighted by Gasteiger charge is -2.13. The summed E-state index contributed by atoms with van der Waals surface area (Å²) in [6.45, 7) is 0. The van der Waals surface area contributed by atoms with Crippen LogP contribution in [0.15, 0.2) is 60.8 Å². The van der Waals surface area contributed by atoms with E-state index in [1.165, 1.54) is 4.68 Å². The molecule has 0 atom stereocenters. The Morgan fingerprint density at radius 1 is 0.964 bits per heavy atom. The van der Waals surface area contributed by atoms with Gasteiger partial charge in [-0.05, 0) is 24.3 Å². The van der Waals surface area contributed by atoms with E-state index in [0.29, 0.717) is 11.3 Å². The molecule has 1 aliphatic rings. The number of para-hydroxylation sites is 2. The maximum Gasteiger partial charge on any atom is 0.264 e. The molecule has 2 amide bonds. The molecule has 3 heterocycles. The first-order chi connectivity index (χ1) is 13.6. The van der Waals surface area contributed by atoms with Crippen molar-refractivity contribution in [2.75, 3.05) is 5.73 Å². The van der Waals surface area contributed by atoms with Gasteiger partial charge in [0.25, 0.3) is 11.8 Å². The van der Waals surface area contributed by atoms with Crippen LogP contribution in [-0.4, -0.2) is 26.6 Å². The average Bonchev–Trinajstić information content (AvgIpc) is 3.27. The molecular formula is C21H15N5O2. The Morgan fingerprint density at radius 2 is 1.71 bits per heavy atom. The van der Waals surface area contributed by atoms with E-state index in [4.69, 9.17) is 5.73 Å². The lowest BCUT2D eigenvalue weighted by molar-refractivity contribution is -0.114. The predicted octanol–water partition coefficient (Wildman–Crippen LogP) is 2.75. The zero-order valence-electron chi connectivity index (χ0n) is 14.6. The molecule has 7 heteroatoms. The highest BCUT2D eigenvalue weighted by Gasteiger charge is 2.34. The van der Waals surface area contributed by atoms with Gasteiger partial charge in [-0.1, -0.05) is 36.4 Å². The largest absolute Gasteiger partial charge is 0.383 e. The van der Waals surface area contributed by atoms with Crippen LogP contribution < -0.4 is 11.1 Å². The number of fused-ring (bicyclic) bond motifs is 2. The van der Waals surface area contributed by atoms with E-state index in [0.717, 1.165) is 16.5 Å². The van der Waals surface area contributed by atoms with Gasteiger partial charge in [0, 0.05) is 22.7 Å². The van der Waals surface area contributed by atoms with Gasteiger partial charge in [0.2, 0.25) is 0 Å². The van der Waals surface area contributed by atoms with Gasteiger partial charge in [-0.3, -0.25) is 14.9 Å². The number of imide groups is 1. The van der Waals surface area contributed by atoms with Crippen molar-refractivity contribution in [1.29, 1.82) is 0 Å². The summed E-state index contributed by atoms with van der Waals surface area (Å²) >= 11 is 0. The summed E-state index contributed by atoms with van der Waals surface area (Å²) in [5.74, 6) is -0.854. The van der Waals surface area contributed by atoms with Crippen LogP contribution >= 0.6 is 0 Å². The van der Waals surface area contributed by atoms with Crippen LogP contribution in [0.3, 0.4) is 0 Å². The monoisotopic (exact) mass is 369 g/mol. The van der Waals surface area contributed by atoms with Gasteiger partial charge in [-0.15, -0.1) is 0 Å². The molecule has 7 nitrogen and oxygen atoms in total. The molecule has 0 saturated heterocycles. The van der Waals surface area contributed by atoms with Crippen molar-refractivity contribution in [1.82, 2.24) is 20.1 Å². The molecule has 2 aromatic heterocycles. The van der Waals surface area contributed by atoms with Gasteiger partial charge in [-0.2, -0.15) is 5.10 Å². The van der Waals surface area contributed by atoms with Crippen molar-refractivity contribution < 1.29 is 9.59 Å². The molecule has 28 heavy (non-hydrogen) atoms. The van der Waals surface area contributed by atoms with E-state index in [-0.39, 0.29) is 17.1 Å². The van der Waals surface area contributed by atoms with Crippen LogP contribution in [0.4, 0.5) is 5.82 Å². The molecule has 1 aliphatic heterocycles. The Balaban J connectivity index is 1.72. The van der Waals surface area contributed by atoms with Gasteiger partial charge in [0.15, 0.2) is 0 Å². The summed E-state index contributed by atoms with van der Waals surface area (Å²) in [5.41, 5.74) is 9.48. The fraction of sp³-hybridized carbons (Fsp3) is 0. The van der Waals surface area contributed by atoms with Gasteiger partial charge >= 0.3 is 0 Å². The molecule has 0 bridgehead atoms. The predicted molar refractivity (Wildman–Crippen MR) is 107 cm³/mol. The zero-order chi connectivity index (χ0) is 19.3. The first-order valence-corrected chi connectivity index (χ1v) is 8.71. The minimum atomic E-state index is -0.546. The summed E-state index contributed by atoms with van der Waals surface area (Å²) in [4.78, 5) is 28.2. The Kier molecular flexibility index (Phi) is 3.42. The number of anilines is 1. The van der Waals surface area contributed by atoms with E-state index < -0.39 is 11.8 Å². The summed E-state index contributed by atoms with van der Waals surface area (Å²) in [6.07, 6.45) is 3.54. The number of H-pyrrole nitrogens is 1. The summed E-state index contributed by atoms with van der Waals surface area (Å²) in [7, 11) is 0. The molecule has 4 aromatic rings. The number of aromatic amines is 1. The van der Waals surface area contributed by atoms with E-state index in [9.17, 15) is 9.59 Å². The number of rotatable bonds is 2. The van der Waals surface area contributed by atoms with Crippen LogP contribution in [0.1, 0.15) is 21.6 Å². The Bertz CT molecular complexity index is 1280. The number of nitrogens with two attached hydrogens (primary N) is 1. The van der Waals surface area contributed by atoms with Crippen LogP contribution in [0.2, 0.25) is 0 Å². The second kappa shape index (κ2) is 5.95. The SMILES string of the molecule is Nc1c2c(nn1-c1ccccc1)/C(=C\c1c[nH]c3ccccc13)C(=O)NC2=O. The molecule has 5 rings (SSSR count). The fourth-order valence-electron chi connectivity index (χ4n) is 3.45. The number of amides is 2. The number of benzene rings is 2. The van der Waals surface area contributed by atoms with Crippen molar-refractivity contribution >= 4 is 40.2 Å². The van der Waals surface area contributed by atoms with E-state index in [1.807, 2.05) is 60.8 Å². The molecule has 0 fully saturated rings. The lowest BCUT2D eigenvalue weighted by atomic mass is 9.99. The first kappa shape index (κ1) is 16.1. The average molecular weight is 369 g/mol. The van der Waals surface area contributed by atoms with Gasteiger partial charge < -0.3 is 10.7 Å². The molecule has 136 valence electrons. The molecule has 0 unspecified atom stereocenters. The van der Waals surface area contributed by atoms with Crippen molar-refractivity contribution in [2.24, 2.45) is 0 Å². The summed E-state index contributed by atoms with van der Waals surface area (Å²) in [6, 6.07) is 17.0. The van der Waals surface area contributed by atoms with E-state index in [2.05, 4.69) is 15.4 Å². The number of nitrogens with zero attached hydrogens (tertiary/aromatic N) is 2. The third-order valence-corrected chi connectivity index (χ3v) is 4.80. The standard InChI is InChI=1S/C21H15N5O2/c22-19-17-18(25-26(19)13-6-2-1-3-7-13)15(20(27)24-21(17)28)10-12-11-23-16-9-5-4-8-14(12)16/h1-11,23H,22H2,(H,24,27,28)/b15-10+. The minimum Gasteiger partial charge on any atom is -0.383 e. The lowest BCUT2D eigenvalue weighted by Crippen LogP contribution is -2.36. The molecule has 0 aliphatic carbocycles. The quantitative estimate of drug-likeness (QED) is 0.373. The number of hydrogen-bond acceptors (Lipinski definition) is 4. The molecule has 4 N–H and O–H groups in total. The normalized spacial score (nSPS) is 15.1. The molecule has 0 saturated carbocycles. The Morgan fingerprint density at radius 3 is 2.54 bits per heavy atom. The molecule has 2 aromatic carbocycles. The summed E-state index contributed by atoms with van der Waals surface area (Å²) in [5, 5.41) is 7.83. The highest BCUT2D eigenvalue weighted by atomic mass is 16.2. The van der Waals surface area contributed by atoms with Crippen LogP contribution in [0, 0.1) is 0 Å². The fourth-order valence-corrected chi connectivity index (χ4v) is 3.45. The van der Waals surface area contributed by atoms with Crippen molar-refractivity contribution in [3.63, 3.8) is 0 Å². The van der Waals surface area contributed by atoms with Crippen LogP contribution in [0.5, 0.6) is 0 Å². The van der Waals surface area contributed by atoms with Crippen molar-refractivity contribution in [3.05, 3.63) is 77.6 Å². The van der Waals surface area contributed by atoms with Crippen molar-refractivity contribution in [2.45, 2.75) is 0 Å². The van der Waals surface area contributed by atoms with Gasteiger partial charge in [-0.25, -0.2) is 4.68 Å². The third-order valence-electron chi connectivity index (χ3n) is 4.80. The Labute approximate surface area is 159 Å². The molecular weight excluding hydrogens is 354 g/mol. The second-order valence-electron chi connectivity index (χ2n) is 6.49. The highest BCUT2D eigenvalue weighted by Crippen LogP contribution is 2.32. The molecule has 0 spiro atoms. The number of carbonyl (C=O) groups excluding carboxylic acids is 2. The molecule has 0 radical (unpaired) electrons. The van der Waals surface area contributed by atoms with E-state index in [1.54, 1.807) is 6.08 Å². The number of carbonyl (C=O) groups is 2. The van der Waals surface area contributed by atoms with Crippen molar-refractivity contribution in [3.8, 4) is 5.69 Å². The minimum absolute atomic E-state index is 0.191. The van der Waals surface area contributed by atoms with E-state index >= 15 is 0 Å². The maximum absolute atomic E-state index is 12.6. The third kappa shape index (κ3) is 2.34. The van der Waals surface area contributed by atoms with Crippen LogP contribution in [0.25, 0.3) is 28.2 Å². The smallest absolute Gasteiger partial charge is 0.264 e. The maximum atomic E-state index is 12.6. The van der Waals surface area contributed by atoms with Gasteiger partial charge in [0.1, 0.15) is 17.1 Å². The van der Waals surface area contributed by atoms with Gasteiger partial charge in [0.05, 0.1) is 11.3 Å². The zero-order valence-corrected chi connectivity index (χ0v) is 14.6. The second-order valence-corrected chi connectivity index (χ2v) is 6.49. The van der Waals surface area contributed by atoms with Crippen LogP contribution in [-0.2, 0) is 4.79 Å². The number of nitrogen functional groups attached to an aromatic ring is 1.